The highest BCUT2D eigenvalue weighted by molar-refractivity contribution is 7.92. The number of hydrogen-bond donors (Lipinski definition) is 6. The Bertz CT molecular complexity index is 2800. The SMILES string of the molecule is COc1cc(CCNCCCCCCCC(=O)N[C@H](C(=O)N2C[C@H](O)C[C@H]2C(=O)N[C@@H](C)c2ccc(-c3scnc3C)cc2)C(C)(C)C)c(C)cc1Nc1ncc(Cl)c(Nc2ccccc2S(=O)(=O)C(C)C)n1. The van der Waals surface area contributed by atoms with E-state index in [9.17, 15) is 27.9 Å². The van der Waals surface area contributed by atoms with Crippen LogP contribution in [0.15, 0.2) is 77.3 Å². The summed E-state index contributed by atoms with van der Waals surface area (Å²) >= 11 is 8.04. The third kappa shape index (κ3) is 15.0. The first-order valence-corrected chi connectivity index (χ1v) is 27.8. The van der Waals surface area contributed by atoms with Crippen molar-refractivity contribution in [3.05, 3.63) is 99.8 Å². The van der Waals surface area contributed by atoms with Crippen molar-refractivity contribution in [2.75, 3.05) is 37.4 Å². The predicted octanol–water partition coefficient (Wildman–Crippen LogP) is 9.39. The number of methoxy groups -OCH3 is 1. The zero-order chi connectivity index (χ0) is 53.0. The number of aryl methyl sites for hydroxylation is 2. The summed E-state index contributed by atoms with van der Waals surface area (Å²) in [5.74, 6) is 0.183. The van der Waals surface area contributed by atoms with Gasteiger partial charge in [0.05, 0.1) is 63.1 Å². The topological polar surface area (TPSA) is 217 Å². The second-order valence-electron chi connectivity index (χ2n) is 20.1. The highest BCUT2D eigenvalue weighted by Gasteiger charge is 2.44. The molecule has 0 aliphatic carbocycles. The molecule has 16 nitrogen and oxygen atoms in total. The smallest absolute Gasteiger partial charge is 0.246 e. The number of nitrogens with zero attached hydrogens (tertiary/aromatic N) is 4. The maximum Gasteiger partial charge on any atom is 0.246 e. The van der Waals surface area contributed by atoms with Crippen molar-refractivity contribution >= 4 is 73.6 Å². The first-order valence-electron chi connectivity index (χ1n) is 25.0. The molecule has 3 amide bonds. The zero-order valence-electron chi connectivity index (χ0n) is 43.5. The Balaban J connectivity index is 0.904. The molecule has 5 aromatic rings. The molecular formula is C54H72ClN9O7S2. The number of anilines is 4. The molecule has 2 aromatic heterocycles. The van der Waals surface area contributed by atoms with E-state index in [0.29, 0.717) is 23.5 Å². The molecule has 6 N–H and O–H groups in total. The lowest BCUT2D eigenvalue weighted by atomic mass is 9.85. The number of para-hydroxylation sites is 1. The average Bonchev–Trinajstić information content (AvgIpc) is 3.97. The van der Waals surface area contributed by atoms with E-state index in [4.69, 9.17) is 16.3 Å². The molecule has 1 fully saturated rings. The fourth-order valence-corrected chi connectivity index (χ4v) is 10.9. The number of ether oxygens (including phenoxy) is 1. The number of rotatable bonds is 24. The van der Waals surface area contributed by atoms with Crippen LogP contribution in [0.4, 0.5) is 23.1 Å². The molecule has 0 saturated carbocycles. The lowest BCUT2D eigenvalue weighted by molar-refractivity contribution is -0.144. The van der Waals surface area contributed by atoms with Crippen molar-refractivity contribution in [1.29, 1.82) is 0 Å². The largest absolute Gasteiger partial charge is 0.495 e. The Morgan fingerprint density at radius 2 is 1.63 bits per heavy atom. The summed E-state index contributed by atoms with van der Waals surface area (Å²) in [6.07, 6.45) is 6.33. The maximum absolute atomic E-state index is 14.1. The number of halogens is 1. The number of aliphatic hydroxyl groups is 1. The van der Waals surface area contributed by atoms with E-state index in [1.165, 1.54) is 11.1 Å². The monoisotopic (exact) mass is 1060 g/mol. The average molecular weight is 1060 g/mol. The Morgan fingerprint density at radius 3 is 2.32 bits per heavy atom. The molecular weight excluding hydrogens is 986 g/mol. The number of sulfone groups is 1. The molecule has 1 saturated heterocycles. The number of unbranched alkanes of at least 4 members (excludes halogenated alkanes) is 4. The molecule has 0 radical (unpaired) electrons. The Kier molecular flexibility index (Phi) is 19.8. The Labute approximate surface area is 439 Å². The maximum atomic E-state index is 14.1. The fourth-order valence-electron chi connectivity index (χ4n) is 8.76. The minimum atomic E-state index is -3.58. The van der Waals surface area contributed by atoms with E-state index in [-0.39, 0.29) is 64.8 Å². The third-order valence-electron chi connectivity index (χ3n) is 13.1. The Hall–Kier alpha value is -5.66. The highest BCUT2D eigenvalue weighted by atomic mass is 35.5. The van der Waals surface area contributed by atoms with Gasteiger partial charge in [-0.05, 0) is 119 Å². The standard InChI is InChI=1S/C54H72ClN9O7S2/c1-33(2)73(69,70)46-18-15-14-17-42(46)60-50-41(55)30-57-53(63-50)61-43-27-34(3)39(28-45(43)71-9)24-26-56-25-16-12-10-11-13-19-47(66)62-49(54(6,7)8)52(68)64-31-40(65)29-44(64)51(67)59-35(4)37-20-22-38(23-21-37)48-36(5)58-32-72-48/h14-15,17-18,20-23,27-28,30,32-33,35,40,44,49,56,65H,10-13,16,19,24-26,29,31H2,1-9H3,(H,59,67)(H,62,66)(H2,57,60,61,63)/t35-,40+,44-,49+/m0/s1. The van der Waals surface area contributed by atoms with Gasteiger partial charge in [-0.25, -0.2) is 18.4 Å². The van der Waals surface area contributed by atoms with Gasteiger partial charge in [-0.2, -0.15) is 4.98 Å². The van der Waals surface area contributed by atoms with Crippen LogP contribution >= 0.6 is 22.9 Å². The number of β-amino-alcohol motifs (C(OH)–C–C–N with tert-alkyl or cyclic N) is 1. The number of carbonyl (C=O) groups excluding carboxylic acids is 3. The van der Waals surface area contributed by atoms with Gasteiger partial charge in [-0.1, -0.05) is 88.0 Å². The van der Waals surface area contributed by atoms with Crippen LogP contribution in [0.25, 0.3) is 10.4 Å². The minimum absolute atomic E-state index is 0.0172. The third-order valence-corrected chi connectivity index (χ3v) is 16.6. The van der Waals surface area contributed by atoms with Crippen molar-refractivity contribution in [2.24, 2.45) is 5.41 Å². The first kappa shape index (κ1) is 56.6. The number of benzene rings is 3. The molecule has 0 spiro atoms. The number of aromatic nitrogens is 3. The van der Waals surface area contributed by atoms with Crippen LogP contribution < -0.4 is 31.3 Å². The van der Waals surface area contributed by atoms with Gasteiger partial charge >= 0.3 is 0 Å². The normalized spacial score (nSPS) is 15.8. The summed E-state index contributed by atoms with van der Waals surface area (Å²) in [5.41, 5.74) is 7.33. The first-order chi connectivity index (χ1) is 34.7. The fraction of sp³-hybridized carbons (Fsp3) is 0.481. The molecule has 394 valence electrons. The Morgan fingerprint density at radius 1 is 0.918 bits per heavy atom. The van der Waals surface area contributed by atoms with Gasteiger partial charge in [0.2, 0.25) is 23.7 Å². The van der Waals surface area contributed by atoms with Gasteiger partial charge in [0.25, 0.3) is 0 Å². The molecule has 1 aliphatic rings. The lowest BCUT2D eigenvalue weighted by Gasteiger charge is -2.35. The van der Waals surface area contributed by atoms with Gasteiger partial charge < -0.3 is 41.3 Å². The van der Waals surface area contributed by atoms with Crippen molar-refractivity contribution in [2.45, 2.75) is 141 Å². The second-order valence-corrected chi connectivity index (χ2v) is 23.8. The molecule has 4 atom stereocenters. The predicted molar refractivity (Wildman–Crippen MR) is 291 cm³/mol. The molecule has 1 aliphatic heterocycles. The summed E-state index contributed by atoms with van der Waals surface area (Å²) in [6.45, 7) is 16.5. The number of hydrogen-bond acceptors (Lipinski definition) is 14. The highest BCUT2D eigenvalue weighted by Crippen LogP contribution is 2.34. The quantitative estimate of drug-likeness (QED) is 0.0318. The number of carbonyl (C=O) groups is 3. The van der Waals surface area contributed by atoms with Crippen molar-refractivity contribution < 1.29 is 32.6 Å². The molecule has 19 heteroatoms. The van der Waals surface area contributed by atoms with Crippen molar-refractivity contribution in [1.82, 2.24) is 35.8 Å². The number of nitrogens with one attached hydrogen (secondary N) is 5. The number of likely N-dealkylation sites (tertiary alicyclic amines) is 1. The molecule has 0 unspecified atom stereocenters. The summed E-state index contributed by atoms with van der Waals surface area (Å²) in [5, 5.41) is 26.2. The number of thiazole rings is 1. The van der Waals surface area contributed by atoms with Crippen LogP contribution in [0.2, 0.25) is 5.02 Å². The van der Waals surface area contributed by atoms with Crippen LogP contribution in [0, 0.1) is 19.3 Å². The molecule has 3 aromatic carbocycles. The lowest BCUT2D eigenvalue weighted by Crippen LogP contribution is -2.57. The van der Waals surface area contributed by atoms with E-state index in [1.54, 1.807) is 56.6 Å². The van der Waals surface area contributed by atoms with Crippen LogP contribution in [0.5, 0.6) is 5.75 Å². The van der Waals surface area contributed by atoms with Crippen LogP contribution in [0.1, 0.15) is 115 Å². The molecule has 0 bridgehead atoms. The van der Waals surface area contributed by atoms with Crippen molar-refractivity contribution in [3.63, 3.8) is 0 Å². The summed E-state index contributed by atoms with van der Waals surface area (Å²) in [6, 6.07) is 16.5. The minimum Gasteiger partial charge on any atom is -0.495 e. The molecule has 73 heavy (non-hydrogen) atoms. The van der Waals surface area contributed by atoms with E-state index in [2.05, 4.69) is 41.5 Å². The summed E-state index contributed by atoms with van der Waals surface area (Å²) in [4.78, 5) is 57.0. The van der Waals surface area contributed by atoms with E-state index in [0.717, 1.165) is 78.0 Å². The summed E-state index contributed by atoms with van der Waals surface area (Å²) < 4.78 is 31.8. The number of aliphatic hydroxyl groups excluding tert-OH is 1. The van der Waals surface area contributed by atoms with Gasteiger partial charge in [-0.15, -0.1) is 11.3 Å². The molecule has 3 heterocycles. The van der Waals surface area contributed by atoms with E-state index < -0.39 is 38.7 Å². The van der Waals surface area contributed by atoms with Crippen LogP contribution in [-0.4, -0.2) is 101 Å². The van der Waals surface area contributed by atoms with Crippen LogP contribution in [0.3, 0.4) is 0 Å². The van der Waals surface area contributed by atoms with E-state index >= 15 is 0 Å². The van der Waals surface area contributed by atoms with Crippen molar-refractivity contribution in [3.8, 4) is 16.2 Å². The van der Waals surface area contributed by atoms with Gasteiger partial charge in [0, 0.05) is 19.4 Å². The van der Waals surface area contributed by atoms with Gasteiger partial charge in [0.1, 0.15) is 22.9 Å². The van der Waals surface area contributed by atoms with Gasteiger partial charge in [-0.3, -0.25) is 14.4 Å². The molecule has 6 rings (SSSR count). The van der Waals surface area contributed by atoms with E-state index in [1.807, 2.05) is 83.5 Å². The second kappa shape index (κ2) is 25.5. The number of amides is 3. The van der Waals surface area contributed by atoms with Crippen LogP contribution in [-0.2, 0) is 30.6 Å². The van der Waals surface area contributed by atoms with Gasteiger partial charge in [0.15, 0.2) is 15.7 Å². The summed E-state index contributed by atoms with van der Waals surface area (Å²) in [7, 11) is -1.98. The zero-order valence-corrected chi connectivity index (χ0v) is 45.9.